The lowest BCUT2D eigenvalue weighted by atomic mass is 10.0. The van der Waals surface area contributed by atoms with E-state index in [2.05, 4.69) is 9.97 Å². The first kappa shape index (κ1) is 12.3. The maximum Gasteiger partial charge on any atom is 0.198 e. The molecule has 0 saturated carbocycles. The second-order valence-corrected chi connectivity index (χ2v) is 4.12. The quantitative estimate of drug-likeness (QED) is 0.872. The van der Waals surface area contributed by atoms with Crippen LogP contribution >= 0.6 is 0 Å². The minimum atomic E-state index is 0.414. The van der Waals surface area contributed by atoms with Crippen molar-refractivity contribution in [1.82, 2.24) is 9.97 Å². The molecule has 1 aromatic carbocycles. The fourth-order valence-electron chi connectivity index (χ4n) is 1.98. The number of nitrogens with two attached hydrogens (primary N) is 1. The molecule has 0 amide bonds. The molecule has 96 valence electrons. The summed E-state index contributed by atoms with van der Waals surface area (Å²) < 4.78 is 10.6. The van der Waals surface area contributed by atoms with Gasteiger partial charge in [0.05, 0.1) is 19.9 Å². The van der Waals surface area contributed by atoms with Crippen LogP contribution in [0, 0.1) is 13.8 Å². The Kier molecular flexibility index (Phi) is 3.14. The van der Waals surface area contributed by atoms with Crippen LogP contribution in [0.15, 0.2) is 12.1 Å². The molecule has 0 aliphatic heterocycles. The van der Waals surface area contributed by atoms with Gasteiger partial charge >= 0.3 is 0 Å². The van der Waals surface area contributed by atoms with Gasteiger partial charge < -0.3 is 20.2 Å². The molecular formula is C13H17N3O2. The van der Waals surface area contributed by atoms with E-state index in [1.165, 1.54) is 0 Å². The van der Waals surface area contributed by atoms with Gasteiger partial charge in [0.1, 0.15) is 0 Å². The summed E-state index contributed by atoms with van der Waals surface area (Å²) in [4.78, 5) is 7.29. The minimum Gasteiger partial charge on any atom is -0.493 e. The van der Waals surface area contributed by atoms with Gasteiger partial charge in [-0.3, -0.25) is 0 Å². The highest BCUT2D eigenvalue weighted by Crippen LogP contribution is 2.35. The predicted molar refractivity (Wildman–Crippen MR) is 71.0 cm³/mol. The van der Waals surface area contributed by atoms with Crippen molar-refractivity contribution in [3.63, 3.8) is 0 Å². The van der Waals surface area contributed by atoms with Gasteiger partial charge in [0, 0.05) is 11.3 Å². The number of H-pyrrole nitrogens is 1. The Morgan fingerprint density at radius 3 is 2.22 bits per heavy atom. The van der Waals surface area contributed by atoms with Gasteiger partial charge in [-0.15, -0.1) is 0 Å². The molecule has 0 saturated heterocycles. The molecule has 0 spiro atoms. The van der Waals surface area contributed by atoms with Crippen molar-refractivity contribution in [3.05, 3.63) is 23.4 Å². The summed E-state index contributed by atoms with van der Waals surface area (Å²) in [5.41, 5.74) is 9.48. The molecule has 0 bridgehead atoms. The van der Waals surface area contributed by atoms with Crippen LogP contribution in [0.1, 0.15) is 11.3 Å². The van der Waals surface area contributed by atoms with Gasteiger partial charge in [0.15, 0.2) is 17.4 Å². The molecule has 0 unspecified atom stereocenters. The van der Waals surface area contributed by atoms with Gasteiger partial charge in [0.25, 0.3) is 0 Å². The zero-order chi connectivity index (χ0) is 13.3. The van der Waals surface area contributed by atoms with Crippen LogP contribution in [0.3, 0.4) is 0 Å². The molecule has 5 heteroatoms. The molecule has 2 aromatic rings. The van der Waals surface area contributed by atoms with Crippen LogP contribution in [0.4, 0.5) is 5.95 Å². The highest BCUT2D eigenvalue weighted by atomic mass is 16.5. The number of imidazole rings is 1. The Morgan fingerprint density at radius 2 is 1.72 bits per heavy atom. The Hall–Kier alpha value is -2.17. The number of methoxy groups -OCH3 is 2. The molecule has 0 aliphatic carbocycles. The van der Waals surface area contributed by atoms with Crippen molar-refractivity contribution in [1.29, 1.82) is 0 Å². The molecule has 3 N–H and O–H groups in total. The average molecular weight is 247 g/mol. The topological polar surface area (TPSA) is 73.2 Å². The first-order valence-electron chi connectivity index (χ1n) is 5.62. The lowest BCUT2D eigenvalue weighted by molar-refractivity contribution is 0.355. The van der Waals surface area contributed by atoms with E-state index in [-0.39, 0.29) is 0 Å². The van der Waals surface area contributed by atoms with E-state index in [0.717, 1.165) is 22.5 Å². The van der Waals surface area contributed by atoms with E-state index in [9.17, 15) is 0 Å². The zero-order valence-corrected chi connectivity index (χ0v) is 11.0. The molecular weight excluding hydrogens is 230 g/mol. The van der Waals surface area contributed by atoms with E-state index >= 15 is 0 Å². The van der Waals surface area contributed by atoms with Crippen LogP contribution < -0.4 is 15.2 Å². The third-order valence-electron chi connectivity index (χ3n) is 2.89. The van der Waals surface area contributed by atoms with Crippen molar-refractivity contribution in [2.75, 3.05) is 20.0 Å². The highest BCUT2D eigenvalue weighted by molar-refractivity contribution is 5.71. The number of hydrogen-bond acceptors (Lipinski definition) is 4. The molecule has 5 nitrogen and oxygen atoms in total. The summed E-state index contributed by atoms with van der Waals surface area (Å²) in [6.07, 6.45) is 0. The summed E-state index contributed by atoms with van der Waals surface area (Å²) in [5, 5.41) is 0. The molecule has 0 aliphatic rings. The zero-order valence-electron chi connectivity index (χ0n) is 11.0. The number of aromatic amines is 1. The highest BCUT2D eigenvalue weighted by Gasteiger charge is 2.14. The Balaban J connectivity index is 2.61. The number of aromatic nitrogens is 2. The second kappa shape index (κ2) is 4.60. The van der Waals surface area contributed by atoms with Crippen molar-refractivity contribution < 1.29 is 9.47 Å². The Morgan fingerprint density at radius 1 is 1.11 bits per heavy atom. The number of nitrogen functional groups attached to an aromatic ring is 1. The third-order valence-corrected chi connectivity index (χ3v) is 2.89. The summed E-state index contributed by atoms with van der Waals surface area (Å²) in [5.74, 6) is 1.80. The van der Waals surface area contributed by atoms with Crippen LogP contribution in [0.5, 0.6) is 11.5 Å². The smallest absolute Gasteiger partial charge is 0.198 e. The first-order chi connectivity index (χ1) is 8.56. The third kappa shape index (κ3) is 1.99. The first-order valence-corrected chi connectivity index (χ1v) is 5.62. The summed E-state index contributed by atoms with van der Waals surface area (Å²) in [7, 11) is 3.23. The molecule has 18 heavy (non-hydrogen) atoms. The van der Waals surface area contributed by atoms with E-state index in [1.807, 2.05) is 26.0 Å². The second-order valence-electron chi connectivity index (χ2n) is 4.12. The maximum absolute atomic E-state index is 5.67. The van der Waals surface area contributed by atoms with Crippen molar-refractivity contribution in [3.8, 4) is 22.8 Å². The van der Waals surface area contributed by atoms with Crippen molar-refractivity contribution in [2.45, 2.75) is 13.8 Å². The van der Waals surface area contributed by atoms with E-state index in [4.69, 9.17) is 15.2 Å². The Labute approximate surface area is 106 Å². The number of ether oxygens (including phenoxy) is 2. The van der Waals surface area contributed by atoms with Gasteiger partial charge in [-0.05, 0) is 31.5 Å². The Bertz CT molecular complexity index is 576. The van der Waals surface area contributed by atoms with Crippen LogP contribution in [0.2, 0.25) is 0 Å². The fourth-order valence-corrected chi connectivity index (χ4v) is 1.98. The predicted octanol–water partition coefficient (Wildman–Crippen LogP) is 2.29. The van der Waals surface area contributed by atoms with Crippen LogP contribution in [-0.2, 0) is 0 Å². The van der Waals surface area contributed by atoms with Crippen LogP contribution in [-0.4, -0.2) is 24.2 Å². The number of hydrogen-bond donors (Lipinski definition) is 2. The fraction of sp³-hybridized carbons (Fsp3) is 0.308. The lowest BCUT2D eigenvalue weighted by Crippen LogP contribution is -1.94. The number of nitrogens with one attached hydrogen (secondary N) is 1. The molecule has 0 fully saturated rings. The van der Waals surface area contributed by atoms with Gasteiger partial charge in [0.2, 0.25) is 0 Å². The van der Waals surface area contributed by atoms with E-state index in [0.29, 0.717) is 17.4 Å². The van der Waals surface area contributed by atoms with Gasteiger partial charge in [-0.25, -0.2) is 4.98 Å². The summed E-state index contributed by atoms with van der Waals surface area (Å²) in [6, 6.07) is 3.84. The number of benzene rings is 1. The molecule has 0 atom stereocenters. The maximum atomic E-state index is 5.67. The van der Waals surface area contributed by atoms with Gasteiger partial charge in [-0.2, -0.15) is 0 Å². The number of anilines is 1. The van der Waals surface area contributed by atoms with Crippen molar-refractivity contribution >= 4 is 5.95 Å². The standard InChI is InChI=1S/C13H17N3O2/c1-7-5-10(17-3)11(18-4)6-9(7)12-8(2)15-13(14)16-12/h5-6H,1-4H3,(H3,14,15,16). The number of nitrogens with zero attached hydrogens (tertiary/aromatic N) is 1. The van der Waals surface area contributed by atoms with Gasteiger partial charge in [-0.1, -0.05) is 0 Å². The number of aryl methyl sites for hydroxylation is 2. The SMILES string of the molecule is COc1cc(C)c(-c2nc(N)[nH]c2C)cc1OC. The summed E-state index contributed by atoms with van der Waals surface area (Å²) >= 11 is 0. The summed E-state index contributed by atoms with van der Waals surface area (Å²) in [6.45, 7) is 3.94. The normalized spacial score (nSPS) is 10.4. The van der Waals surface area contributed by atoms with Crippen molar-refractivity contribution in [2.24, 2.45) is 0 Å². The molecule has 2 rings (SSSR count). The van der Waals surface area contributed by atoms with Crippen LogP contribution in [0.25, 0.3) is 11.3 Å². The molecule has 1 heterocycles. The monoisotopic (exact) mass is 247 g/mol. The van der Waals surface area contributed by atoms with E-state index in [1.54, 1.807) is 14.2 Å². The largest absolute Gasteiger partial charge is 0.493 e. The number of rotatable bonds is 3. The average Bonchev–Trinajstić information content (AvgIpc) is 2.68. The minimum absolute atomic E-state index is 0.414. The molecule has 0 radical (unpaired) electrons. The van der Waals surface area contributed by atoms with E-state index < -0.39 is 0 Å². The molecule has 1 aromatic heterocycles. The lowest BCUT2D eigenvalue weighted by Gasteiger charge is -2.12.